The van der Waals surface area contributed by atoms with Crippen LogP contribution in [-0.4, -0.2) is 40.0 Å². The summed E-state index contributed by atoms with van der Waals surface area (Å²) >= 11 is 0. The van der Waals surface area contributed by atoms with E-state index in [4.69, 9.17) is 0 Å². The summed E-state index contributed by atoms with van der Waals surface area (Å²) in [6.45, 7) is 4.69. The molecule has 6 heteroatoms. The fraction of sp³-hybridized carbons (Fsp3) is 0.727. The molecule has 1 aliphatic rings. The van der Waals surface area contributed by atoms with Crippen molar-refractivity contribution in [1.82, 2.24) is 25.6 Å². The normalized spacial score (nSPS) is 24.5. The van der Waals surface area contributed by atoms with E-state index in [0.29, 0.717) is 18.9 Å². The topological polar surface area (TPSA) is 71.8 Å². The second-order valence-corrected chi connectivity index (χ2v) is 4.56. The molecule has 1 amide bonds. The summed E-state index contributed by atoms with van der Waals surface area (Å²) in [4.78, 5) is 11.8. The van der Waals surface area contributed by atoms with Gasteiger partial charge < -0.3 is 10.6 Å². The number of nitrogens with one attached hydrogen (secondary N) is 2. The fourth-order valence-electron chi connectivity index (χ4n) is 2.03. The fourth-order valence-corrected chi connectivity index (χ4v) is 2.03. The van der Waals surface area contributed by atoms with Crippen molar-refractivity contribution in [2.45, 2.75) is 32.4 Å². The lowest BCUT2D eigenvalue weighted by atomic mass is 9.95. The molecule has 0 bridgehead atoms. The lowest BCUT2D eigenvalue weighted by molar-refractivity contribution is -0.122. The molecule has 2 unspecified atom stereocenters. The molecule has 2 N–H and O–H groups in total. The standard InChI is InChI=1S/C11H19N5O/c1-9-2-4-12-8-10(9)14-11(17)3-6-16-7-5-13-15-16/h5,7,9-10,12H,2-4,6,8H2,1H3,(H,14,17). The van der Waals surface area contributed by atoms with E-state index in [9.17, 15) is 4.79 Å². The van der Waals surface area contributed by atoms with Gasteiger partial charge in [-0.15, -0.1) is 5.10 Å². The first-order valence-corrected chi connectivity index (χ1v) is 6.10. The number of hydrogen-bond donors (Lipinski definition) is 2. The molecule has 6 nitrogen and oxygen atoms in total. The summed E-state index contributed by atoms with van der Waals surface area (Å²) in [5.41, 5.74) is 0. The molecule has 1 fully saturated rings. The van der Waals surface area contributed by atoms with Crippen LogP contribution in [0.3, 0.4) is 0 Å². The molecule has 2 atom stereocenters. The highest BCUT2D eigenvalue weighted by Gasteiger charge is 2.22. The van der Waals surface area contributed by atoms with Crippen LogP contribution >= 0.6 is 0 Å². The van der Waals surface area contributed by atoms with Crippen LogP contribution in [0.25, 0.3) is 0 Å². The van der Waals surface area contributed by atoms with Crippen LogP contribution in [0.1, 0.15) is 19.8 Å². The molecule has 94 valence electrons. The van der Waals surface area contributed by atoms with Gasteiger partial charge in [-0.3, -0.25) is 9.48 Å². The Kier molecular flexibility index (Phi) is 4.08. The van der Waals surface area contributed by atoms with Gasteiger partial charge in [-0.05, 0) is 18.9 Å². The highest BCUT2D eigenvalue weighted by atomic mass is 16.1. The molecular weight excluding hydrogens is 218 g/mol. The van der Waals surface area contributed by atoms with Gasteiger partial charge in [0.2, 0.25) is 5.91 Å². The van der Waals surface area contributed by atoms with Crippen LogP contribution in [0.15, 0.2) is 12.4 Å². The van der Waals surface area contributed by atoms with Gasteiger partial charge in [-0.25, -0.2) is 0 Å². The molecule has 1 aromatic heterocycles. The van der Waals surface area contributed by atoms with Gasteiger partial charge in [0.15, 0.2) is 0 Å². The van der Waals surface area contributed by atoms with Crippen molar-refractivity contribution in [2.24, 2.45) is 5.92 Å². The first-order chi connectivity index (χ1) is 8.25. The molecule has 0 radical (unpaired) electrons. The second kappa shape index (κ2) is 5.77. The van der Waals surface area contributed by atoms with E-state index >= 15 is 0 Å². The maximum atomic E-state index is 11.8. The van der Waals surface area contributed by atoms with Crippen molar-refractivity contribution in [3.63, 3.8) is 0 Å². The second-order valence-electron chi connectivity index (χ2n) is 4.56. The maximum Gasteiger partial charge on any atom is 0.222 e. The van der Waals surface area contributed by atoms with E-state index in [1.54, 1.807) is 17.1 Å². The number of rotatable bonds is 4. The van der Waals surface area contributed by atoms with Gasteiger partial charge in [-0.2, -0.15) is 0 Å². The minimum atomic E-state index is 0.0843. The number of piperidine rings is 1. The number of aryl methyl sites for hydroxylation is 1. The molecule has 2 heterocycles. The van der Waals surface area contributed by atoms with E-state index in [1.807, 2.05) is 0 Å². The molecule has 1 saturated heterocycles. The van der Waals surface area contributed by atoms with Gasteiger partial charge in [0.25, 0.3) is 0 Å². The highest BCUT2D eigenvalue weighted by molar-refractivity contribution is 5.76. The van der Waals surface area contributed by atoms with Gasteiger partial charge in [0.05, 0.1) is 12.7 Å². The number of aromatic nitrogens is 3. The zero-order chi connectivity index (χ0) is 12.1. The van der Waals surface area contributed by atoms with E-state index in [2.05, 4.69) is 27.9 Å². The van der Waals surface area contributed by atoms with Crippen LogP contribution in [0.4, 0.5) is 0 Å². The van der Waals surface area contributed by atoms with Gasteiger partial charge in [-0.1, -0.05) is 12.1 Å². The molecule has 1 aromatic rings. The highest BCUT2D eigenvalue weighted by Crippen LogP contribution is 2.11. The average Bonchev–Trinajstić information content (AvgIpc) is 2.82. The Bertz CT molecular complexity index is 351. The summed E-state index contributed by atoms with van der Waals surface area (Å²) in [6, 6.07) is 0.256. The van der Waals surface area contributed by atoms with Crippen molar-refractivity contribution < 1.29 is 4.79 Å². The zero-order valence-corrected chi connectivity index (χ0v) is 10.1. The Balaban J connectivity index is 1.73. The summed E-state index contributed by atoms with van der Waals surface area (Å²) in [5, 5.41) is 13.9. The maximum absolute atomic E-state index is 11.8. The van der Waals surface area contributed by atoms with Gasteiger partial charge in [0.1, 0.15) is 0 Å². The lowest BCUT2D eigenvalue weighted by Crippen LogP contribution is -2.50. The first-order valence-electron chi connectivity index (χ1n) is 6.10. The Morgan fingerprint density at radius 2 is 2.53 bits per heavy atom. The number of amides is 1. The molecule has 0 aliphatic carbocycles. The van der Waals surface area contributed by atoms with Crippen molar-refractivity contribution in [2.75, 3.05) is 13.1 Å². The van der Waals surface area contributed by atoms with E-state index in [1.165, 1.54) is 0 Å². The van der Waals surface area contributed by atoms with Crippen molar-refractivity contribution >= 4 is 5.91 Å². The van der Waals surface area contributed by atoms with Crippen molar-refractivity contribution in [1.29, 1.82) is 0 Å². The quantitative estimate of drug-likeness (QED) is 0.759. The summed E-state index contributed by atoms with van der Waals surface area (Å²) < 4.78 is 1.67. The molecule has 1 aliphatic heterocycles. The zero-order valence-electron chi connectivity index (χ0n) is 10.1. The lowest BCUT2D eigenvalue weighted by Gasteiger charge is -2.30. The smallest absolute Gasteiger partial charge is 0.222 e. The van der Waals surface area contributed by atoms with E-state index < -0.39 is 0 Å². The average molecular weight is 237 g/mol. The van der Waals surface area contributed by atoms with Crippen LogP contribution in [0, 0.1) is 5.92 Å². The molecule has 0 spiro atoms. The minimum Gasteiger partial charge on any atom is -0.352 e. The molecule has 2 rings (SSSR count). The number of nitrogens with zero attached hydrogens (tertiary/aromatic N) is 3. The Morgan fingerprint density at radius 1 is 1.65 bits per heavy atom. The number of carbonyl (C=O) groups is 1. The Labute approximate surface area is 101 Å². The molecule has 17 heavy (non-hydrogen) atoms. The van der Waals surface area contributed by atoms with Crippen molar-refractivity contribution in [3.05, 3.63) is 12.4 Å². The predicted octanol–water partition coefficient (Wildman–Crippen LogP) is -0.218. The van der Waals surface area contributed by atoms with Crippen LogP contribution < -0.4 is 10.6 Å². The Morgan fingerprint density at radius 3 is 3.24 bits per heavy atom. The monoisotopic (exact) mass is 237 g/mol. The third-order valence-electron chi connectivity index (χ3n) is 3.21. The number of hydrogen-bond acceptors (Lipinski definition) is 4. The van der Waals surface area contributed by atoms with Crippen LogP contribution in [0.2, 0.25) is 0 Å². The molecular formula is C11H19N5O. The van der Waals surface area contributed by atoms with Crippen LogP contribution in [0.5, 0.6) is 0 Å². The van der Waals surface area contributed by atoms with Gasteiger partial charge in [0, 0.05) is 25.2 Å². The SMILES string of the molecule is CC1CCNCC1NC(=O)CCn1ccnn1. The first kappa shape index (κ1) is 12.0. The predicted molar refractivity (Wildman–Crippen MR) is 63.2 cm³/mol. The largest absolute Gasteiger partial charge is 0.352 e. The number of carbonyl (C=O) groups excluding carboxylic acids is 1. The summed E-state index contributed by atoms with van der Waals surface area (Å²) in [5.74, 6) is 0.632. The van der Waals surface area contributed by atoms with Crippen LogP contribution in [-0.2, 0) is 11.3 Å². The molecule has 0 saturated carbocycles. The summed E-state index contributed by atoms with van der Waals surface area (Å²) in [7, 11) is 0. The third kappa shape index (κ3) is 3.52. The van der Waals surface area contributed by atoms with Crippen molar-refractivity contribution in [3.8, 4) is 0 Å². The van der Waals surface area contributed by atoms with E-state index in [0.717, 1.165) is 19.5 Å². The Hall–Kier alpha value is -1.43. The molecule has 0 aromatic carbocycles. The van der Waals surface area contributed by atoms with Gasteiger partial charge >= 0.3 is 0 Å². The third-order valence-corrected chi connectivity index (χ3v) is 3.21. The minimum absolute atomic E-state index is 0.0843. The summed E-state index contributed by atoms with van der Waals surface area (Å²) in [6.07, 6.45) is 4.95. The van der Waals surface area contributed by atoms with E-state index in [-0.39, 0.29) is 11.9 Å².